The monoisotopic (exact) mass is 243 g/mol. The molecule has 0 aliphatic heterocycles. The van der Waals surface area contributed by atoms with Crippen LogP contribution >= 0.6 is 0 Å². The summed E-state index contributed by atoms with van der Waals surface area (Å²) in [5.74, 6) is -0.504. The number of hydrogen-bond donors (Lipinski definition) is 1. The van der Waals surface area contributed by atoms with Gasteiger partial charge >= 0.3 is 0 Å². The van der Waals surface area contributed by atoms with E-state index in [1.54, 1.807) is 12.1 Å². The lowest BCUT2D eigenvalue weighted by Crippen LogP contribution is -2.24. The van der Waals surface area contributed by atoms with Gasteiger partial charge in [-0.05, 0) is 19.1 Å². The van der Waals surface area contributed by atoms with Gasteiger partial charge in [0.2, 0.25) is 5.91 Å². The van der Waals surface area contributed by atoms with Gasteiger partial charge in [0.1, 0.15) is 5.82 Å². The van der Waals surface area contributed by atoms with Crippen molar-refractivity contribution in [3.63, 3.8) is 0 Å². The number of rotatable bonds is 5. The molecule has 0 spiro atoms. The highest BCUT2D eigenvalue weighted by molar-refractivity contribution is 7.85. The second-order valence-corrected chi connectivity index (χ2v) is 4.72. The summed E-state index contributed by atoms with van der Waals surface area (Å²) in [5.41, 5.74) is 0. The van der Waals surface area contributed by atoms with Gasteiger partial charge in [-0.2, -0.15) is 0 Å². The Morgan fingerprint density at radius 3 is 2.75 bits per heavy atom. The van der Waals surface area contributed by atoms with E-state index in [1.807, 2.05) is 6.92 Å². The van der Waals surface area contributed by atoms with Gasteiger partial charge in [-0.15, -0.1) is 0 Å². The Bertz CT molecular complexity index is 395. The molecule has 1 rings (SSSR count). The second-order valence-electron chi connectivity index (χ2n) is 3.18. The van der Waals surface area contributed by atoms with Gasteiger partial charge in [0, 0.05) is 18.7 Å². The van der Waals surface area contributed by atoms with Crippen LogP contribution in [0.4, 0.5) is 4.39 Å². The van der Waals surface area contributed by atoms with Crippen LogP contribution in [0.3, 0.4) is 0 Å². The van der Waals surface area contributed by atoms with E-state index in [4.69, 9.17) is 0 Å². The summed E-state index contributed by atoms with van der Waals surface area (Å²) >= 11 is 0. The quantitative estimate of drug-likeness (QED) is 0.851. The average molecular weight is 243 g/mol. The first-order valence-electron chi connectivity index (χ1n) is 5.04. The average Bonchev–Trinajstić information content (AvgIpc) is 2.27. The molecule has 0 aliphatic rings. The Kier molecular flexibility index (Phi) is 5.11. The van der Waals surface area contributed by atoms with Crippen LogP contribution in [0.25, 0.3) is 0 Å². The molecule has 3 nitrogen and oxygen atoms in total. The van der Waals surface area contributed by atoms with Crippen molar-refractivity contribution in [1.82, 2.24) is 5.32 Å². The number of hydrogen-bond acceptors (Lipinski definition) is 2. The van der Waals surface area contributed by atoms with E-state index in [-0.39, 0.29) is 23.0 Å². The highest BCUT2D eigenvalue weighted by Gasteiger charge is 2.10. The molecule has 1 unspecified atom stereocenters. The highest BCUT2D eigenvalue weighted by Crippen LogP contribution is 2.12. The fourth-order valence-electron chi connectivity index (χ4n) is 1.21. The van der Waals surface area contributed by atoms with Crippen molar-refractivity contribution in [2.45, 2.75) is 18.2 Å². The van der Waals surface area contributed by atoms with Crippen LogP contribution in [0.15, 0.2) is 29.2 Å². The SMILES string of the molecule is CCNC(=O)CCS(=O)c1ccccc1F. The van der Waals surface area contributed by atoms with Crippen molar-refractivity contribution in [3.05, 3.63) is 30.1 Å². The first-order chi connectivity index (χ1) is 7.65. The van der Waals surface area contributed by atoms with Crippen molar-refractivity contribution >= 4 is 16.7 Å². The molecule has 0 saturated heterocycles. The summed E-state index contributed by atoms with van der Waals surface area (Å²) in [6.45, 7) is 2.36. The minimum Gasteiger partial charge on any atom is -0.356 e. The first-order valence-corrected chi connectivity index (χ1v) is 6.36. The van der Waals surface area contributed by atoms with E-state index < -0.39 is 16.6 Å². The first kappa shape index (κ1) is 12.8. The van der Waals surface area contributed by atoms with Crippen LogP contribution in [-0.2, 0) is 15.6 Å². The van der Waals surface area contributed by atoms with E-state index in [0.717, 1.165) is 0 Å². The molecule has 0 aliphatic carbocycles. The Balaban J connectivity index is 2.54. The van der Waals surface area contributed by atoms with Gasteiger partial charge in [-0.25, -0.2) is 4.39 Å². The Hall–Kier alpha value is -1.23. The molecular weight excluding hydrogens is 229 g/mol. The molecule has 0 radical (unpaired) electrons. The van der Waals surface area contributed by atoms with Crippen molar-refractivity contribution in [3.8, 4) is 0 Å². The van der Waals surface area contributed by atoms with Crippen LogP contribution in [0.1, 0.15) is 13.3 Å². The zero-order valence-electron chi connectivity index (χ0n) is 9.03. The summed E-state index contributed by atoms with van der Waals surface area (Å²) in [5, 5.41) is 2.60. The maximum Gasteiger partial charge on any atom is 0.220 e. The fraction of sp³-hybridized carbons (Fsp3) is 0.364. The Labute approximate surface area is 96.5 Å². The van der Waals surface area contributed by atoms with Gasteiger partial charge in [0.25, 0.3) is 0 Å². The van der Waals surface area contributed by atoms with E-state index in [2.05, 4.69) is 5.32 Å². The largest absolute Gasteiger partial charge is 0.356 e. The normalized spacial score (nSPS) is 12.1. The standard InChI is InChI=1S/C11H14FNO2S/c1-2-13-11(14)7-8-16(15)10-6-4-3-5-9(10)12/h3-6H,2,7-8H2,1H3,(H,13,14). The lowest BCUT2D eigenvalue weighted by Gasteiger charge is -2.03. The minimum atomic E-state index is -1.45. The molecule has 1 atom stereocenters. The summed E-state index contributed by atoms with van der Waals surface area (Å²) in [6.07, 6.45) is 0.148. The summed E-state index contributed by atoms with van der Waals surface area (Å²) in [6, 6.07) is 5.91. The van der Waals surface area contributed by atoms with Crippen LogP contribution in [0.2, 0.25) is 0 Å². The lowest BCUT2D eigenvalue weighted by molar-refractivity contribution is -0.120. The van der Waals surface area contributed by atoms with Crippen molar-refractivity contribution < 1.29 is 13.4 Å². The van der Waals surface area contributed by atoms with Gasteiger partial charge in [-0.3, -0.25) is 9.00 Å². The highest BCUT2D eigenvalue weighted by atomic mass is 32.2. The number of amides is 1. The molecule has 1 aromatic carbocycles. The third-order valence-corrected chi connectivity index (χ3v) is 3.37. The molecule has 0 heterocycles. The predicted octanol–water partition coefficient (Wildman–Crippen LogP) is 1.46. The maximum absolute atomic E-state index is 13.2. The molecule has 16 heavy (non-hydrogen) atoms. The lowest BCUT2D eigenvalue weighted by atomic mass is 10.3. The summed E-state index contributed by atoms with van der Waals surface area (Å²) < 4.78 is 24.9. The van der Waals surface area contributed by atoms with Crippen LogP contribution in [0.5, 0.6) is 0 Å². The third-order valence-electron chi connectivity index (χ3n) is 1.97. The summed E-state index contributed by atoms with van der Waals surface area (Å²) in [7, 11) is -1.45. The van der Waals surface area contributed by atoms with E-state index >= 15 is 0 Å². The number of carbonyl (C=O) groups is 1. The van der Waals surface area contributed by atoms with Crippen molar-refractivity contribution in [2.24, 2.45) is 0 Å². The number of halogens is 1. The Morgan fingerprint density at radius 2 is 2.12 bits per heavy atom. The van der Waals surface area contributed by atoms with Gasteiger partial charge in [0.15, 0.2) is 0 Å². The predicted molar refractivity (Wildman–Crippen MR) is 61.0 cm³/mol. The smallest absolute Gasteiger partial charge is 0.220 e. The zero-order chi connectivity index (χ0) is 12.0. The molecule has 0 saturated carbocycles. The van der Waals surface area contributed by atoms with E-state index in [9.17, 15) is 13.4 Å². The van der Waals surface area contributed by atoms with Gasteiger partial charge < -0.3 is 5.32 Å². The second kappa shape index (κ2) is 6.37. The molecule has 1 N–H and O–H groups in total. The molecule has 1 amide bonds. The number of nitrogens with one attached hydrogen (secondary N) is 1. The molecule has 5 heteroatoms. The van der Waals surface area contributed by atoms with E-state index in [0.29, 0.717) is 6.54 Å². The minimum absolute atomic E-state index is 0.146. The molecule has 0 aromatic heterocycles. The number of benzene rings is 1. The molecule has 0 fully saturated rings. The van der Waals surface area contributed by atoms with Gasteiger partial charge in [0.05, 0.1) is 15.7 Å². The molecule has 0 bridgehead atoms. The topological polar surface area (TPSA) is 46.2 Å². The summed E-state index contributed by atoms with van der Waals surface area (Å²) in [4.78, 5) is 11.3. The van der Waals surface area contributed by atoms with Crippen molar-refractivity contribution in [1.29, 1.82) is 0 Å². The third kappa shape index (κ3) is 3.73. The van der Waals surface area contributed by atoms with Gasteiger partial charge in [-0.1, -0.05) is 12.1 Å². The number of carbonyl (C=O) groups excluding carboxylic acids is 1. The molecular formula is C11H14FNO2S. The zero-order valence-corrected chi connectivity index (χ0v) is 9.85. The fourth-order valence-corrected chi connectivity index (χ4v) is 2.32. The maximum atomic E-state index is 13.2. The van der Waals surface area contributed by atoms with Crippen LogP contribution in [0, 0.1) is 5.82 Å². The van der Waals surface area contributed by atoms with Crippen LogP contribution < -0.4 is 5.32 Å². The molecule has 1 aromatic rings. The molecule has 88 valence electrons. The Morgan fingerprint density at radius 1 is 1.44 bits per heavy atom. The van der Waals surface area contributed by atoms with E-state index in [1.165, 1.54) is 12.1 Å². The van der Waals surface area contributed by atoms with Crippen LogP contribution in [-0.4, -0.2) is 22.4 Å². The van der Waals surface area contributed by atoms with Crippen molar-refractivity contribution in [2.75, 3.05) is 12.3 Å².